The Morgan fingerprint density at radius 3 is 2.35 bits per heavy atom. The van der Waals surface area contributed by atoms with Gasteiger partial charge in [0.1, 0.15) is 17.8 Å². The zero-order valence-electron chi connectivity index (χ0n) is 11.9. The first kappa shape index (κ1) is 17.8. The smallest absolute Gasteiger partial charge is 0.431 e. The number of pyridine rings is 1. The van der Waals surface area contributed by atoms with Crippen molar-refractivity contribution in [3.05, 3.63) is 51.2 Å². The van der Waals surface area contributed by atoms with E-state index in [1.165, 1.54) is 6.26 Å². The van der Waals surface area contributed by atoms with E-state index in [-0.39, 0.29) is 21.0 Å². The molecule has 3 nitrogen and oxygen atoms in total. The first-order chi connectivity index (χ1) is 10.5. The maximum atomic E-state index is 14.1. The summed E-state index contributed by atoms with van der Waals surface area (Å²) < 4.78 is 64.4. The SMILES string of the molecule is Cn1c(C(F)(F)F)ccc(-c2cc([S+](C)[O-])c(Cl)cc2F)c1=O. The molecule has 0 aliphatic carbocycles. The molecule has 1 aromatic carbocycles. The number of benzene rings is 1. The number of hydrogen-bond acceptors (Lipinski definition) is 2. The minimum atomic E-state index is -4.71. The Morgan fingerprint density at radius 1 is 1.22 bits per heavy atom. The summed E-state index contributed by atoms with van der Waals surface area (Å²) in [5.74, 6) is -0.888. The summed E-state index contributed by atoms with van der Waals surface area (Å²) in [5.41, 5.74) is -2.70. The van der Waals surface area contributed by atoms with Crippen LogP contribution in [0.25, 0.3) is 11.1 Å². The molecule has 2 aromatic rings. The van der Waals surface area contributed by atoms with Gasteiger partial charge in [0.2, 0.25) is 0 Å². The van der Waals surface area contributed by atoms with Gasteiger partial charge in [0.15, 0.2) is 4.90 Å². The van der Waals surface area contributed by atoms with Gasteiger partial charge >= 0.3 is 6.18 Å². The number of halogens is 5. The summed E-state index contributed by atoms with van der Waals surface area (Å²) in [5, 5.41) is -0.0872. The van der Waals surface area contributed by atoms with Gasteiger partial charge in [-0.15, -0.1) is 0 Å². The van der Waals surface area contributed by atoms with E-state index in [4.69, 9.17) is 11.6 Å². The lowest BCUT2D eigenvalue weighted by Crippen LogP contribution is -2.26. The Bertz CT molecular complexity index is 818. The van der Waals surface area contributed by atoms with Crippen LogP contribution in [0, 0.1) is 5.82 Å². The van der Waals surface area contributed by atoms with Crippen LogP contribution in [0.15, 0.2) is 34.0 Å². The van der Waals surface area contributed by atoms with Gasteiger partial charge in [-0.25, -0.2) is 4.39 Å². The quantitative estimate of drug-likeness (QED) is 0.601. The molecule has 0 spiro atoms. The predicted molar refractivity (Wildman–Crippen MR) is 79.4 cm³/mol. The summed E-state index contributed by atoms with van der Waals surface area (Å²) in [6, 6.07) is 3.57. The van der Waals surface area contributed by atoms with Crippen LogP contribution in [-0.2, 0) is 24.4 Å². The minimum Gasteiger partial charge on any atom is -0.612 e. The van der Waals surface area contributed by atoms with Crippen molar-refractivity contribution in [2.24, 2.45) is 7.05 Å². The zero-order chi connectivity index (χ0) is 17.5. The lowest BCUT2D eigenvalue weighted by atomic mass is 10.1. The third kappa shape index (κ3) is 3.39. The summed E-state index contributed by atoms with van der Waals surface area (Å²) in [7, 11) is 0.946. The first-order valence-corrected chi connectivity index (χ1v) is 8.07. The highest BCUT2D eigenvalue weighted by molar-refractivity contribution is 7.90. The molecule has 1 heterocycles. The van der Waals surface area contributed by atoms with E-state index in [0.29, 0.717) is 10.6 Å². The fourth-order valence-corrected chi connectivity index (χ4v) is 3.17. The number of hydrogen-bond donors (Lipinski definition) is 0. The van der Waals surface area contributed by atoms with Crippen LogP contribution >= 0.6 is 11.6 Å². The Hall–Kier alpha value is -1.51. The topological polar surface area (TPSA) is 45.1 Å². The fourth-order valence-electron chi connectivity index (χ4n) is 2.08. The molecule has 0 fully saturated rings. The Balaban J connectivity index is 2.72. The Kier molecular flexibility index (Phi) is 4.79. The van der Waals surface area contributed by atoms with Gasteiger partial charge in [0.05, 0.1) is 10.6 Å². The molecule has 9 heteroatoms. The molecule has 1 unspecified atom stereocenters. The average molecular weight is 368 g/mol. The third-order valence-electron chi connectivity index (χ3n) is 3.22. The lowest BCUT2D eigenvalue weighted by molar-refractivity contribution is -0.143. The van der Waals surface area contributed by atoms with Crippen molar-refractivity contribution in [3.63, 3.8) is 0 Å². The van der Waals surface area contributed by atoms with Crippen molar-refractivity contribution in [2.75, 3.05) is 6.26 Å². The molecule has 0 bridgehead atoms. The van der Waals surface area contributed by atoms with E-state index in [1.54, 1.807) is 0 Å². The molecule has 124 valence electrons. The third-order valence-corrected chi connectivity index (χ3v) is 4.60. The van der Waals surface area contributed by atoms with Gasteiger partial charge in [-0.05, 0) is 29.4 Å². The molecule has 2 rings (SSSR count). The van der Waals surface area contributed by atoms with E-state index >= 15 is 0 Å². The van der Waals surface area contributed by atoms with Gasteiger partial charge in [0.25, 0.3) is 5.56 Å². The average Bonchev–Trinajstić information content (AvgIpc) is 2.40. The second-order valence-corrected chi connectivity index (χ2v) is 6.47. The maximum absolute atomic E-state index is 14.1. The maximum Gasteiger partial charge on any atom is 0.431 e. The van der Waals surface area contributed by atoms with Crippen molar-refractivity contribution < 1.29 is 22.1 Å². The number of alkyl halides is 3. The minimum absolute atomic E-state index is 0.0872. The molecule has 0 radical (unpaired) electrons. The van der Waals surface area contributed by atoms with Crippen LogP contribution in [0.1, 0.15) is 5.69 Å². The summed E-state index contributed by atoms with van der Waals surface area (Å²) in [4.78, 5) is 12.2. The molecule has 0 aliphatic rings. The van der Waals surface area contributed by atoms with E-state index in [2.05, 4.69) is 0 Å². The monoisotopic (exact) mass is 367 g/mol. The fraction of sp³-hybridized carbons (Fsp3) is 0.214. The van der Waals surface area contributed by atoms with Crippen LogP contribution in [0.2, 0.25) is 5.02 Å². The summed E-state index contributed by atoms with van der Waals surface area (Å²) in [6.07, 6.45) is -3.39. The van der Waals surface area contributed by atoms with E-state index in [0.717, 1.165) is 25.2 Å². The highest BCUT2D eigenvalue weighted by atomic mass is 35.5. The van der Waals surface area contributed by atoms with Gasteiger partial charge < -0.3 is 9.12 Å². The van der Waals surface area contributed by atoms with Crippen LogP contribution in [-0.4, -0.2) is 15.4 Å². The van der Waals surface area contributed by atoms with E-state index in [9.17, 15) is 26.9 Å². The van der Waals surface area contributed by atoms with Crippen molar-refractivity contribution >= 4 is 22.8 Å². The first-order valence-electron chi connectivity index (χ1n) is 6.14. The second kappa shape index (κ2) is 6.18. The highest BCUT2D eigenvalue weighted by Gasteiger charge is 2.34. The van der Waals surface area contributed by atoms with Gasteiger partial charge in [-0.1, -0.05) is 11.6 Å². The normalized spacial score (nSPS) is 13.2. The van der Waals surface area contributed by atoms with E-state index < -0.39 is 34.4 Å². The summed E-state index contributed by atoms with van der Waals surface area (Å²) >= 11 is 4.22. The van der Waals surface area contributed by atoms with E-state index in [1.807, 2.05) is 0 Å². The van der Waals surface area contributed by atoms with Gasteiger partial charge in [-0.3, -0.25) is 4.79 Å². The van der Waals surface area contributed by atoms with Crippen molar-refractivity contribution in [3.8, 4) is 11.1 Å². The van der Waals surface area contributed by atoms with Crippen molar-refractivity contribution in [1.82, 2.24) is 4.57 Å². The second-order valence-electron chi connectivity index (χ2n) is 4.71. The highest BCUT2D eigenvalue weighted by Crippen LogP contribution is 2.32. The van der Waals surface area contributed by atoms with Crippen LogP contribution in [0.3, 0.4) is 0 Å². The zero-order valence-corrected chi connectivity index (χ0v) is 13.4. The van der Waals surface area contributed by atoms with Crippen molar-refractivity contribution in [2.45, 2.75) is 11.1 Å². The number of rotatable bonds is 2. The number of nitrogens with zero attached hydrogens (tertiary/aromatic N) is 1. The predicted octanol–water partition coefficient (Wildman–Crippen LogP) is 3.60. The molecule has 0 saturated heterocycles. The van der Waals surface area contributed by atoms with Crippen LogP contribution in [0.4, 0.5) is 17.6 Å². The molecular weight excluding hydrogens is 358 g/mol. The van der Waals surface area contributed by atoms with Crippen LogP contribution in [0.5, 0.6) is 0 Å². The van der Waals surface area contributed by atoms with Crippen molar-refractivity contribution in [1.29, 1.82) is 0 Å². The number of aromatic nitrogens is 1. The largest absolute Gasteiger partial charge is 0.612 e. The molecule has 23 heavy (non-hydrogen) atoms. The summed E-state index contributed by atoms with van der Waals surface area (Å²) in [6.45, 7) is 0. The van der Waals surface area contributed by atoms with Gasteiger partial charge in [0, 0.05) is 18.7 Å². The standard InChI is InChI=1S/C14H10ClF4NO2S/c1-20-12(14(17,18)19)4-3-7(13(20)21)8-5-11(23(2)22)9(15)6-10(8)16/h3-6H,1-2H3. The Morgan fingerprint density at radius 2 is 1.83 bits per heavy atom. The molecule has 1 aromatic heterocycles. The molecule has 0 N–H and O–H groups in total. The van der Waals surface area contributed by atoms with Crippen LogP contribution < -0.4 is 5.56 Å². The molecule has 1 atom stereocenters. The molecular formula is C14H10ClF4NO2S. The molecule has 0 aliphatic heterocycles. The molecule has 0 amide bonds. The van der Waals surface area contributed by atoms with Gasteiger partial charge in [-0.2, -0.15) is 13.2 Å². The lowest BCUT2D eigenvalue weighted by Gasteiger charge is -2.14. The Labute approximate surface area is 136 Å². The molecule has 0 saturated carbocycles.